The molecule has 0 aromatic carbocycles. The van der Waals surface area contributed by atoms with Gasteiger partial charge >= 0.3 is 0 Å². The van der Waals surface area contributed by atoms with Crippen molar-refractivity contribution in [3.63, 3.8) is 0 Å². The highest BCUT2D eigenvalue weighted by Crippen LogP contribution is 2.47. The smallest absolute Gasteiger partial charge is 0.147 e. The fourth-order valence-electron chi connectivity index (χ4n) is 5.50. The molecule has 3 heteroatoms. The van der Waals surface area contributed by atoms with Gasteiger partial charge in [0, 0.05) is 6.61 Å². The van der Waals surface area contributed by atoms with Crippen LogP contribution >= 0.6 is 0 Å². The lowest BCUT2D eigenvalue weighted by Gasteiger charge is -2.44. The molecule has 4 atom stereocenters. The summed E-state index contributed by atoms with van der Waals surface area (Å²) in [6.07, 6.45) is 22.8. The topological polar surface area (TPSA) is 27.7 Å². The molecule has 0 aromatic rings. The third-order valence-corrected chi connectivity index (χ3v) is 7.34. The Hall–Kier alpha value is -0.900. The summed E-state index contributed by atoms with van der Waals surface area (Å²) in [7, 11) is 0. The van der Waals surface area contributed by atoms with E-state index in [2.05, 4.69) is 38.2 Å². The van der Waals surface area contributed by atoms with Crippen LogP contribution in [0.2, 0.25) is 0 Å². The Balaban J connectivity index is 1.34. The van der Waals surface area contributed by atoms with E-state index < -0.39 is 0 Å². The van der Waals surface area contributed by atoms with Gasteiger partial charge in [-0.25, -0.2) is 0 Å². The van der Waals surface area contributed by atoms with Gasteiger partial charge in [-0.15, -0.1) is 0 Å². The zero-order chi connectivity index (χ0) is 19.4. The number of allylic oxidation sites excluding steroid dienone is 4. The highest BCUT2D eigenvalue weighted by Gasteiger charge is 2.40. The fraction of sp³-hybridized carbons (Fsp3) is 0.760. The molecular formula is C25H38O3. The minimum absolute atomic E-state index is 0.311. The summed E-state index contributed by atoms with van der Waals surface area (Å²) >= 11 is 0. The van der Waals surface area contributed by atoms with E-state index in [1.54, 1.807) is 11.1 Å². The lowest BCUT2D eigenvalue weighted by atomic mass is 9.66. The van der Waals surface area contributed by atoms with Crippen LogP contribution in [0.15, 0.2) is 35.5 Å². The van der Waals surface area contributed by atoms with Gasteiger partial charge in [-0.3, -0.25) is 0 Å². The fourth-order valence-corrected chi connectivity index (χ4v) is 5.50. The molecule has 4 unspecified atom stereocenters. The maximum atomic E-state index is 6.14. The van der Waals surface area contributed by atoms with Crippen LogP contribution in [0.5, 0.6) is 0 Å². The Morgan fingerprint density at radius 3 is 2.79 bits per heavy atom. The molecule has 0 spiro atoms. The largest absolute Gasteiger partial charge is 0.378 e. The van der Waals surface area contributed by atoms with Gasteiger partial charge in [-0.2, -0.15) is 0 Å². The van der Waals surface area contributed by atoms with E-state index in [1.807, 2.05) is 0 Å². The van der Waals surface area contributed by atoms with Crippen molar-refractivity contribution in [3.05, 3.63) is 35.5 Å². The predicted octanol–water partition coefficient (Wildman–Crippen LogP) is 6.11. The summed E-state index contributed by atoms with van der Waals surface area (Å²) in [5, 5.41) is 0. The van der Waals surface area contributed by atoms with Crippen molar-refractivity contribution in [2.75, 3.05) is 13.4 Å². The zero-order valence-electron chi connectivity index (χ0n) is 17.8. The van der Waals surface area contributed by atoms with Crippen molar-refractivity contribution in [1.29, 1.82) is 0 Å². The van der Waals surface area contributed by atoms with E-state index >= 15 is 0 Å². The number of ether oxygens (including phenoxy) is 3. The van der Waals surface area contributed by atoms with Crippen molar-refractivity contribution in [3.8, 4) is 0 Å². The first-order chi connectivity index (χ1) is 13.7. The summed E-state index contributed by atoms with van der Waals surface area (Å²) in [6.45, 7) is 6.02. The number of fused-ring (bicyclic) bond motifs is 1. The average Bonchev–Trinajstić information content (AvgIpc) is 3.20. The van der Waals surface area contributed by atoms with Crippen LogP contribution in [0.25, 0.3) is 0 Å². The lowest BCUT2D eigenvalue weighted by molar-refractivity contribution is -0.0599. The van der Waals surface area contributed by atoms with E-state index in [0.717, 1.165) is 19.4 Å². The van der Waals surface area contributed by atoms with Gasteiger partial charge in [0.15, 0.2) is 0 Å². The summed E-state index contributed by atoms with van der Waals surface area (Å²) in [4.78, 5) is 0. The number of hydrogen-bond donors (Lipinski definition) is 0. The summed E-state index contributed by atoms with van der Waals surface area (Å²) in [6, 6.07) is 0. The Morgan fingerprint density at radius 1 is 1.07 bits per heavy atom. The second-order valence-corrected chi connectivity index (χ2v) is 9.56. The highest BCUT2D eigenvalue weighted by molar-refractivity contribution is 5.30. The Bertz CT molecular complexity index is 617. The molecule has 0 bridgehead atoms. The summed E-state index contributed by atoms with van der Waals surface area (Å²) < 4.78 is 17.5. The van der Waals surface area contributed by atoms with Crippen LogP contribution in [0.3, 0.4) is 0 Å². The quantitative estimate of drug-likeness (QED) is 0.390. The molecule has 0 saturated carbocycles. The van der Waals surface area contributed by atoms with Crippen molar-refractivity contribution >= 4 is 0 Å². The second-order valence-electron chi connectivity index (χ2n) is 9.56. The average molecular weight is 387 g/mol. The number of unbranched alkanes of at least 4 members (excludes halogenated alkanes) is 1. The van der Waals surface area contributed by atoms with E-state index in [9.17, 15) is 0 Å². The van der Waals surface area contributed by atoms with Crippen LogP contribution in [0.1, 0.15) is 78.1 Å². The third-order valence-electron chi connectivity index (χ3n) is 7.34. The van der Waals surface area contributed by atoms with Crippen LogP contribution in [0.4, 0.5) is 0 Å². The molecule has 4 aliphatic rings. The van der Waals surface area contributed by atoms with Crippen molar-refractivity contribution in [2.45, 2.75) is 96.4 Å². The zero-order valence-corrected chi connectivity index (χ0v) is 17.8. The van der Waals surface area contributed by atoms with Gasteiger partial charge in [0.1, 0.15) is 6.79 Å². The van der Waals surface area contributed by atoms with Crippen molar-refractivity contribution in [1.82, 2.24) is 0 Å². The molecule has 0 aromatic heterocycles. The van der Waals surface area contributed by atoms with Crippen LogP contribution in [0, 0.1) is 11.3 Å². The summed E-state index contributed by atoms with van der Waals surface area (Å²) in [5.74, 6) is 0.599. The van der Waals surface area contributed by atoms with Gasteiger partial charge in [0.25, 0.3) is 0 Å². The van der Waals surface area contributed by atoms with E-state index in [1.165, 1.54) is 51.4 Å². The molecule has 2 fully saturated rings. The van der Waals surface area contributed by atoms with Crippen LogP contribution in [-0.4, -0.2) is 31.7 Å². The summed E-state index contributed by atoms with van der Waals surface area (Å²) in [5.41, 5.74) is 3.52. The molecule has 2 aliphatic carbocycles. The Labute approximate surface area is 171 Å². The molecule has 3 nitrogen and oxygen atoms in total. The number of rotatable bonds is 7. The predicted molar refractivity (Wildman–Crippen MR) is 113 cm³/mol. The molecule has 28 heavy (non-hydrogen) atoms. The van der Waals surface area contributed by atoms with Gasteiger partial charge in [0.2, 0.25) is 0 Å². The maximum absolute atomic E-state index is 6.14. The van der Waals surface area contributed by atoms with Gasteiger partial charge in [-0.05, 0) is 74.7 Å². The molecule has 2 aliphatic heterocycles. The minimum Gasteiger partial charge on any atom is -0.378 e. The normalized spacial score (nSPS) is 35.6. The number of hydrogen-bond acceptors (Lipinski definition) is 3. The molecular weight excluding hydrogens is 348 g/mol. The highest BCUT2D eigenvalue weighted by atomic mass is 16.7. The monoisotopic (exact) mass is 386 g/mol. The third kappa shape index (κ3) is 4.63. The minimum atomic E-state index is 0.311. The van der Waals surface area contributed by atoms with E-state index in [4.69, 9.17) is 14.2 Å². The first-order valence-electron chi connectivity index (χ1n) is 11.6. The second kappa shape index (κ2) is 9.28. The van der Waals surface area contributed by atoms with Gasteiger partial charge in [0.05, 0.1) is 18.3 Å². The molecule has 0 amide bonds. The van der Waals surface area contributed by atoms with E-state index in [0.29, 0.717) is 36.4 Å². The Kier molecular flexibility index (Phi) is 6.75. The SMILES string of the molecule is CC(C)C1CC(CCCCC2=CCC3OCOC3C2)(C2=CCCC=C2)CCO1. The molecule has 4 rings (SSSR count). The first-order valence-corrected chi connectivity index (χ1v) is 11.6. The van der Waals surface area contributed by atoms with Crippen molar-refractivity contribution < 1.29 is 14.2 Å². The molecule has 0 radical (unpaired) electrons. The first kappa shape index (κ1) is 20.4. The van der Waals surface area contributed by atoms with Crippen LogP contribution < -0.4 is 0 Å². The molecule has 156 valence electrons. The molecule has 0 N–H and O–H groups in total. The standard InChI is InChI=1S/C25H38O3/c1-19(2)24-17-25(14-15-26-24,21-9-4-3-5-10-21)13-7-6-8-20-11-12-22-23(16-20)28-18-27-22/h4,9-11,19,22-24H,3,5-8,12-18H2,1-2H3. The van der Waals surface area contributed by atoms with Gasteiger partial charge < -0.3 is 14.2 Å². The Morgan fingerprint density at radius 2 is 1.96 bits per heavy atom. The van der Waals surface area contributed by atoms with Crippen molar-refractivity contribution in [2.24, 2.45) is 11.3 Å². The van der Waals surface area contributed by atoms with Crippen LogP contribution in [-0.2, 0) is 14.2 Å². The van der Waals surface area contributed by atoms with Gasteiger partial charge in [-0.1, -0.05) is 50.1 Å². The molecule has 2 heterocycles. The lowest BCUT2D eigenvalue weighted by Crippen LogP contribution is -2.39. The van der Waals surface area contributed by atoms with E-state index in [-0.39, 0.29) is 0 Å². The maximum Gasteiger partial charge on any atom is 0.147 e. The molecule has 2 saturated heterocycles.